The molecule has 4 heteroatoms. The Labute approximate surface area is 134 Å². The second-order valence-electron chi connectivity index (χ2n) is 6.32. The minimum Gasteiger partial charge on any atom is -0.501 e. The number of ether oxygens (including phenoxy) is 1. The molecule has 0 aromatic heterocycles. The monoisotopic (exact) mass is 317 g/mol. The lowest BCUT2D eigenvalue weighted by atomic mass is 10.1. The molecule has 1 aromatic carbocycles. The number of allylic oxidation sites excluding steroid dienone is 1. The van der Waals surface area contributed by atoms with Crippen molar-refractivity contribution in [3.63, 3.8) is 0 Å². The first kappa shape index (κ1) is 16.8. The SMILES string of the molecule is CC[Si](CC)(NC(=O)C(C)C)C1C(OC)=Cc2ccccc21. The van der Waals surface area contributed by atoms with Gasteiger partial charge in [0.15, 0.2) is 8.24 Å². The number of hydrogen-bond acceptors (Lipinski definition) is 2. The molecule has 0 heterocycles. The van der Waals surface area contributed by atoms with Crippen molar-refractivity contribution in [2.75, 3.05) is 7.11 Å². The van der Waals surface area contributed by atoms with E-state index in [0.29, 0.717) is 0 Å². The Hall–Kier alpha value is -1.55. The molecule has 0 aliphatic heterocycles. The molecule has 1 N–H and O–H groups in total. The molecular formula is C18H27NO2Si. The number of carbonyl (C=O) groups is 1. The van der Waals surface area contributed by atoms with E-state index in [2.05, 4.69) is 49.2 Å². The third-order valence-corrected chi connectivity index (χ3v) is 9.80. The van der Waals surface area contributed by atoms with Crippen LogP contribution in [0.2, 0.25) is 12.1 Å². The zero-order chi connectivity index (χ0) is 16.3. The summed E-state index contributed by atoms with van der Waals surface area (Å²) in [6.07, 6.45) is 2.13. The third kappa shape index (κ3) is 2.84. The third-order valence-electron chi connectivity index (χ3n) is 4.84. The van der Waals surface area contributed by atoms with E-state index >= 15 is 0 Å². The number of nitrogens with one attached hydrogen (secondary N) is 1. The second kappa shape index (κ2) is 6.69. The van der Waals surface area contributed by atoms with E-state index in [9.17, 15) is 4.79 Å². The van der Waals surface area contributed by atoms with Crippen LogP contribution in [-0.2, 0) is 9.53 Å². The van der Waals surface area contributed by atoms with Crippen LogP contribution in [0.15, 0.2) is 30.0 Å². The lowest BCUT2D eigenvalue weighted by Gasteiger charge is -2.38. The molecule has 0 radical (unpaired) electrons. The van der Waals surface area contributed by atoms with E-state index in [1.54, 1.807) is 7.11 Å². The van der Waals surface area contributed by atoms with Gasteiger partial charge in [-0.3, -0.25) is 4.79 Å². The molecular weight excluding hydrogens is 290 g/mol. The Morgan fingerprint density at radius 2 is 1.91 bits per heavy atom. The van der Waals surface area contributed by atoms with Crippen molar-refractivity contribution in [3.8, 4) is 0 Å². The van der Waals surface area contributed by atoms with Crippen molar-refractivity contribution >= 4 is 20.2 Å². The van der Waals surface area contributed by atoms with Gasteiger partial charge in [0.1, 0.15) is 5.76 Å². The first-order valence-electron chi connectivity index (χ1n) is 8.15. The minimum absolute atomic E-state index is 0.0107. The zero-order valence-electron chi connectivity index (χ0n) is 14.3. The largest absolute Gasteiger partial charge is 0.501 e. The molecule has 1 atom stereocenters. The minimum atomic E-state index is -2.06. The van der Waals surface area contributed by atoms with Crippen molar-refractivity contribution in [2.45, 2.75) is 45.3 Å². The number of amides is 1. The van der Waals surface area contributed by atoms with E-state index in [-0.39, 0.29) is 17.4 Å². The molecule has 1 unspecified atom stereocenters. The van der Waals surface area contributed by atoms with Gasteiger partial charge >= 0.3 is 0 Å². The fourth-order valence-corrected chi connectivity index (χ4v) is 7.54. The molecule has 2 rings (SSSR count). The number of benzene rings is 1. The Bertz CT molecular complexity index is 576. The van der Waals surface area contributed by atoms with Gasteiger partial charge in [-0.2, -0.15) is 0 Å². The highest BCUT2D eigenvalue weighted by Crippen LogP contribution is 2.44. The number of rotatable bonds is 6. The van der Waals surface area contributed by atoms with Gasteiger partial charge in [-0.1, -0.05) is 52.0 Å². The summed E-state index contributed by atoms with van der Waals surface area (Å²) in [6.45, 7) is 8.31. The Kier molecular flexibility index (Phi) is 5.11. The van der Waals surface area contributed by atoms with Crippen molar-refractivity contribution in [3.05, 3.63) is 41.2 Å². The van der Waals surface area contributed by atoms with Crippen LogP contribution >= 0.6 is 0 Å². The Balaban J connectivity index is 2.47. The predicted octanol–water partition coefficient (Wildman–Crippen LogP) is 4.07. The van der Waals surface area contributed by atoms with Crippen LogP contribution in [0.5, 0.6) is 0 Å². The number of methoxy groups -OCH3 is 1. The summed E-state index contributed by atoms with van der Waals surface area (Å²) in [4.78, 5) is 15.9. The lowest BCUT2D eigenvalue weighted by molar-refractivity contribution is -0.122. The Morgan fingerprint density at radius 1 is 1.27 bits per heavy atom. The van der Waals surface area contributed by atoms with Crippen LogP contribution < -0.4 is 4.98 Å². The van der Waals surface area contributed by atoms with Crippen molar-refractivity contribution in [1.82, 2.24) is 4.98 Å². The molecule has 0 spiro atoms. The number of fused-ring (bicyclic) bond motifs is 1. The van der Waals surface area contributed by atoms with Gasteiger partial charge in [-0.15, -0.1) is 0 Å². The summed E-state index contributed by atoms with van der Waals surface area (Å²) in [5, 5.41) is 0. The fraction of sp³-hybridized carbons (Fsp3) is 0.500. The first-order chi connectivity index (χ1) is 10.5. The van der Waals surface area contributed by atoms with Crippen LogP contribution in [-0.4, -0.2) is 21.3 Å². The topological polar surface area (TPSA) is 38.3 Å². The average molecular weight is 318 g/mol. The second-order valence-corrected chi connectivity index (χ2v) is 10.9. The van der Waals surface area contributed by atoms with Gasteiger partial charge in [-0.25, -0.2) is 0 Å². The molecule has 3 nitrogen and oxygen atoms in total. The molecule has 1 aliphatic carbocycles. The molecule has 120 valence electrons. The fourth-order valence-electron chi connectivity index (χ4n) is 3.34. The number of carbonyl (C=O) groups excluding carboxylic acids is 1. The van der Waals surface area contributed by atoms with E-state index in [0.717, 1.165) is 17.8 Å². The maximum absolute atomic E-state index is 12.4. The van der Waals surface area contributed by atoms with Crippen LogP contribution in [0.1, 0.15) is 44.4 Å². The van der Waals surface area contributed by atoms with Crippen LogP contribution in [0, 0.1) is 5.92 Å². The molecule has 0 fully saturated rings. The van der Waals surface area contributed by atoms with Crippen LogP contribution in [0.25, 0.3) is 6.08 Å². The average Bonchev–Trinajstić information content (AvgIpc) is 2.91. The van der Waals surface area contributed by atoms with Gasteiger partial charge in [-0.05, 0) is 29.3 Å². The smallest absolute Gasteiger partial charge is 0.214 e. The lowest BCUT2D eigenvalue weighted by Crippen LogP contribution is -2.58. The van der Waals surface area contributed by atoms with Crippen molar-refractivity contribution in [2.24, 2.45) is 5.92 Å². The maximum Gasteiger partial charge on any atom is 0.214 e. The van der Waals surface area contributed by atoms with Crippen molar-refractivity contribution < 1.29 is 9.53 Å². The molecule has 1 aromatic rings. The molecule has 0 saturated carbocycles. The summed E-state index contributed by atoms with van der Waals surface area (Å²) in [6, 6.07) is 10.4. The molecule has 1 amide bonds. The molecule has 1 aliphatic rings. The summed E-state index contributed by atoms with van der Waals surface area (Å²) in [5.41, 5.74) is 2.74. The number of hydrogen-bond donors (Lipinski definition) is 1. The van der Waals surface area contributed by atoms with Crippen LogP contribution in [0.4, 0.5) is 0 Å². The van der Waals surface area contributed by atoms with Gasteiger partial charge in [0, 0.05) is 5.92 Å². The first-order valence-corrected chi connectivity index (χ1v) is 10.6. The molecule has 0 bridgehead atoms. The quantitative estimate of drug-likeness (QED) is 0.803. The summed E-state index contributed by atoms with van der Waals surface area (Å²) in [7, 11) is -0.329. The standard InChI is InChI=1S/C18H27NO2Si/c1-6-22(7-2,19-18(20)13(3)4)17-15-11-9-8-10-14(15)12-16(17)21-5/h8-13,17H,6-7H2,1-5H3,(H,19,20). The highest BCUT2D eigenvalue weighted by Gasteiger charge is 2.46. The normalized spacial score (nSPS) is 17.2. The Morgan fingerprint density at radius 3 is 2.45 bits per heavy atom. The zero-order valence-corrected chi connectivity index (χ0v) is 15.3. The van der Waals surface area contributed by atoms with Gasteiger partial charge < -0.3 is 9.72 Å². The predicted molar refractivity (Wildman–Crippen MR) is 93.9 cm³/mol. The maximum atomic E-state index is 12.4. The highest BCUT2D eigenvalue weighted by molar-refractivity contribution is 6.81. The van der Waals surface area contributed by atoms with E-state index < -0.39 is 8.24 Å². The van der Waals surface area contributed by atoms with Crippen LogP contribution in [0.3, 0.4) is 0 Å². The van der Waals surface area contributed by atoms with Gasteiger partial charge in [0.05, 0.1) is 12.7 Å². The highest BCUT2D eigenvalue weighted by atomic mass is 28.3. The molecule has 22 heavy (non-hydrogen) atoms. The van der Waals surface area contributed by atoms with E-state index in [1.165, 1.54) is 11.1 Å². The van der Waals surface area contributed by atoms with E-state index in [4.69, 9.17) is 4.74 Å². The van der Waals surface area contributed by atoms with Gasteiger partial charge in [0.2, 0.25) is 5.91 Å². The molecule has 0 saturated heterocycles. The summed E-state index contributed by atoms with van der Waals surface area (Å²) < 4.78 is 5.70. The van der Waals surface area contributed by atoms with Crippen molar-refractivity contribution in [1.29, 1.82) is 0 Å². The van der Waals surface area contributed by atoms with Gasteiger partial charge in [0.25, 0.3) is 0 Å². The summed E-state index contributed by atoms with van der Waals surface area (Å²) in [5.74, 6) is 1.17. The van der Waals surface area contributed by atoms with E-state index in [1.807, 2.05) is 13.8 Å². The summed E-state index contributed by atoms with van der Waals surface area (Å²) >= 11 is 0.